The van der Waals surface area contributed by atoms with Crippen molar-refractivity contribution in [1.29, 1.82) is 0 Å². The van der Waals surface area contributed by atoms with E-state index >= 15 is 0 Å². The molecule has 0 amide bonds. The van der Waals surface area contributed by atoms with Gasteiger partial charge >= 0.3 is 0 Å². The van der Waals surface area contributed by atoms with Crippen LogP contribution in [0.15, 0.2) is 15.3 Å². The van der Waals surface area contributed by atoms with E-state index in [2.05, 4.69) is 25.9 Å². The van der Waals surface area contributed by atoms with Gasteiger partial charge in [-0.2, -0.15) is 0 Å². The summed E-state index contributed by atoms with van der Waals surface area (Å²) in [7, 11) is 0. The van der Waals surface area contributed by atoms with Gasteiger partial charge in [-0.1, -0.05) is 0 Å². The first-order valence-corrected chi connectivity index (χ1v) is 7.11. The van der Waals surface area contributed by atoms with Gasteiger partial charge in [-0.05, 0) is 35.8 Å². The Hall–Kier alpha value is -0.980. The first-order valence-electron chi connectivity index (χ1n) is 5.50. The van der Waals surface area contributed by atoms with Crippen molar-refractivity contribution in [3.05, 3.63) is 37.0 Å². The lowest BCUT2D eigenvalue weighted by molar-refractivity contribution is 0.298. The van der Waals surface area contributed by atoms with E-state index in [4.69, 9.17) is 5.11 Å². The lowest BCUT2D eigenvalue weighted by Gasteiger charge is -2.04. The van der Waals surface area contributed by atoms with Gasteiger partial charge < -0.3 is 10.1 Å². The zero-order valence-corrected chi connectivity index (χ0v) is 12.5. The summed E-state index contributed by atoms with van der Waals surface area (Å²) in [6.07, 6.45) is 0.335. The van der Waals surface area contributed by atoms with Crippen LogP contribution in [0.1, 0.15) is 16.1 Å². The molecule has 2 aromatic heterocycles. The first-order chi connectivity index (χ1) is 8.52. The molecule has 0 aliphatic rings. The van der Waals surface area contributed by atoms with Gasteiger partial charge in [0.25, 0.3) is 5.56 Å². The number of hydrogen-bond acceptors (Lipinski definition) is 4. The van der Waals surface area contributed by atoms with Crippen molar-refractivity contribution in [1.82, 2.24) is 9.97 Å². The summed E-state index contributed by atoms with van der Waals surface area (Å²) in [4.78, 5) is 21.1. The van der Waals surface area contributed by atoms with Crippen LogP contribution in [-0.4, -0.2) is 21.7 Å². The number of nitrogens with one attached hydrogen (secondary N) is 1. The minimum absolute atomic E-state index is 0.0470. The molecule has 6 heteroatoms. The van der Waals surface area contributed by atoms with Crippen molar-refractivity contribution in [2.75, 3.05) is 6.61 Å². The molecule has 0 aliphatic carbocycles. The lowest BCUT2D eigenvalue weighted by atomic mass is 10.2. The van der Waals surface area contributed by atoms with Crippen LogP contribution in [0.25, 0.3) is 10.7 Å². The Kier molecular flexibility index (Phi) is 3.99. The van der Waals surface area contributed by atoms with Crippen molar-refractivity contribution in [2.24, 2.45) is 0 Å². The summed E-state index contributed by atoms with van der Waals surface area (Å²) in [6.45, 7) is 3.75. The monoisotopic (exact) mass is 328 g/mol. The van der Waals surface area contributed by atoms with Gasteiger partial charge in [0.2, 0.25) is 0 Å². The van der Waals surface area contributed by atoms with E-state index in [9.17, 15) is 4.79 Å². The molecule has 18 heavy (non-hydrogen) atoms. The van der Waals surface area contributed by atoms with Gasteiger partial charge in [0, 0.05) is 33.6 Å². The number of hydrogen-bond donors (Lipinski definition) is 2. The normalized spacial score (nSPS) is 10.9. The molecule has 0 saturated carbocycles. The van der Waals surface area contributed by atoms with Crippen molar-refractivity contribution < 1.29 is 5.11 Å². The van der Waals surface area contributed by atoms with Crippen molar-refractivity contribution in [3.8, 4) is 10.7 Å². The van der Waals surface area contributed by atoms with Crippen LogP contribution >= 0.6 is 27.3 Å². The van der Waals surface area contributed by atoms with Crippen LogP contribution in [0.4, 0.5) is 0 Å². The number of aliphatic hydroxyl groups is 1. The van der Waals surface area contributed by atoms with E-state index in [1.807, 2.05) is 13.0 Å². The van der Waals surface area contributed by atoms with E-state index in [1.165, 1.54) is 0 Å². The van der Waals surface area contributed by atoms with E-state index in [0.717, 1.165) is 14.2 Å². The van der Waals surface area contributed by atoms with E-state index in [-0.39, 0.29) is 12.2 Å². The second-order valence-electron chi connectivity index (χ2n) is 3.97. The van der Waals surface area contributed by atoms with Gasteiger partial charge in [-0.15, -0.1) is 11.3 Å². The zero-order chi connectivity index (χ0) is 13.3. The van der Waals surface area contributed by atoms with E-state index < -0.39 is 0 Å². The van der Waals surface area contributed by atoms with Crippen molar-refractivity contribution in [2.45, 2.75) is 20.3 Å². The predicted molar refractivity (Wildman–Crippen MR) is 76.1 cm³/mol. The van der Waals surface area contributed by atoms with Crippen LogP contribution < -0.4 is 5.56 Å². The van der Waals surface area contributed by atoms with Gasteiger partial charge in [-0.3, -0.25) is 4.79 Å². The maximum atomic E-state index is 11.9. The van der Waals surface area contributed by atoms with Gasteiger partial charge in [0.05, 0.1) is 4.88 Å². The fraction of sp³-hybridized carbons (Fsp3) is 0.333. The largest absolute Gasteiger partial charge is 0.396 e. The van der Waals surface area contributed by atoms with Crippen LogP contribution in [0.3, 0.4) is 0 Å². The highest BCUT2D eigenvalue weighted by molar-refractivity contribution is 9.10. The molecular formula is C12H13BrN2O2S. The second-order valence-corrected chi connectivity index (χ2v) is 6.08. The maximum absolute atomic E-state index is 11.9. The molecule has 0 unspecified atom stereocenters. The fourth-order valence-corrected chi connectivity index (χ4v) is 3.19. The third-order valence-corrected chi connectivity index (χ3v) is 4.82. The lowest BCUT2D eigenvalue weighted by Crippen LogP contribution is -2.18. The van der Waals surface area contributed by atoms with Crippen LogP contribution in [0.2, 0.25) is 0 Å². The summed E-state index contributed by atoms with van der Waals surface area (Å²) in [5.74, 6) is 0.581. The minimum Gasteiger partial charge on any atom is -0.396 e. The molecule has 2 rings (SSSR count). The topological polar surface area (TPSA) is 66.0 Å². The highest BCUT2D eigenvalue weighted by Gasteiger charge is 2.11. The molecule has 2 aromatic rings. The second kappa shape index (κ2) is 5.34. The van der Waals surface area contributed by atoms with Gasteiger partial charge in [0.1, 0.15) is 0 Å². The molecule has 0 aromatic carbocycles. The number of aryl methyl sites for hydroxylation is 2. The molecular weight excluding hydrogens is 316 g/mol. The van der Waals surface area contributed by atoms with E-state index in [0.29, 0.717) is 23.5 Å². The average molecular weight is 329 g/mol. The van der Waals surface area contributed by atoms with E-state index in [1.54, 1.807) is 18.3 Å². The molecule has 0 bridgehead atoms. The quantitative estimate of drug-likeness (QED) is 0.909. The number of aromatic nitrogens is 2. The van der Waals surface area contributed by atoms with Gasteiger partial charge in [0.15, 0.2) is 5.82 Å². The molecule has 0 saturated heterocycles. The predicted octanol–water partition coefficient (Wildman–Crippen LogP) is 2.41. The molecule has 96 valence electrons. The first kappa shape index (κ1) is 13.5. The highest BCUT2D eigenvalue weighted by atomic mass is 79.9. The van der Waals surface area contributed by atoms with Crippen LogP contribution in [-0.2, 0) is 6.42 Å². The molecule has 0 aliphatic heterocycles. The number of aliphatic hydroxyl groups excluding tert-OH is 1. The summed E-state index contributed by atoms with van der Waals surface area (Å²) in [6, 6.07) is 1.95. The summed E-state index contributed by atoms with van der Waals surface area (Å²) in [5.41, 5.74) is 1.05. The molecule has 0 atom stereocenters. The Morgan fingerprint density at radius 1 is 1.50 bits per heavy atom. The zero-order valence-electron chi connectivity index (χ0n) is 10.1. The third-order valence-electron chi connectivity index (χ3n) is 2.67. The maximum Gasteiger partial charge on any atom is 0.254 e. The Morgan fingerprint density at radius 2 is 2.22 bits per heavy atom. The highest BCUT2D eigenvalue weighted by Crippen LogP contribution is 2.31. The molecule has 0 spiro atoms. The summed E-state index contributed by atoms with van der Waals surface area (Å²) < 4.78 is 1.02. The minimum atomic E-state index is -0.172. The summed E-state index contributed by atoms with van der Waals surface area (Å²) >= 11 is 5.02. The molecule has 0 fully saturated rings. The molecule has 0 radical (unpaired) electrons. The number of thiophene rings is 1. The van der Waals surface area contributed by atoms with Crippen molar-refractivity contribution in [3.63, 3.8) is 0 Å². The van der Waals surface area contributed by atoms with Crippen LogP contribution in [0, 0.1) is 13.8 Å². The molecule has 2 heterocycles. The van der Waals surface area contributed by atoms with Crippen LogP contribution in [0.5, 0.6) is 0 Å². The Labute approximate surface area is 117 Å². The Balaban J connectivity index is 2.51. The third kappa shape index (κ3) is 2.55. The van der Waals surface area contributed by atoms with Crippen molar-refractivity contribution >= 4 is 27.3 Å². The number of H-pyrrole nitrogens is 1. The Bertz CT molecular complexity index is 614. The number of rotatable bonds is 3. The molecule has 4 nitrogen and oxygen atoms in total. The fourth-order valence-electron chi connectivity index (χ4n) is 1.71. The smallest absolute Gasteiger partial charge is 0.254 e. The summed E-state index contributed by atoms with van der Waals surface area (Å²) in [5, 5.41) is 8.91. The van der Waals surface area contributed by atoms with Gasteiger partial charge in [-0.25, -0.2) is 4.98 Å². The number of halogens is 1. The number of nitrogens with zero attached hydrogens (tertiary/aromatic N) is 1. The number of aromatic amines is 1. The SMILES string of the molecule is Cc1nc(-c2cc(Br)c(C)s2)[nH]c(=O)c1CCO. The average Bonchev–Trinajstić information content (AvgIpc) is 2.64. The molecule has 2 N–H and O–H groups in total. The Morgan fingerprint density at radius 3 is 2.72 bits per heavy atom. The standard InChI is InChI=1S/C12H13BrN2O2S/c1-6-8(3-4-16)12(17)15-11(14-6)10-5-9(13)7(2)18-10/h5,16H,3-4H2,1-2H3,(H,14,15,17).